The molecule has 1 fully saturated rings. The molecule has 1 N–H and O–H groups in total. The number of amides is 2. The molecule has 0 unspecified atom stereocenters. The van der Waals surface area contributed by atoms with E-state index in [2.05, 4.69) is 10.3 Å². The largest absolute Gasteiger partial charge is 0.472 e. The first-order valence-electron chi connectivity index (χ1n) is 8.69. The van der Waals surface area contributed by atoms with Crippen molar-refractivity contribution in [1.29, 1.82) is 0 Å². The summed E-state index contributed by atoms with van der Waals surface area (Å²) >= 11 is 0. The van der Waals surface area contributed by atoms with Crippen molar-refractivity contribution in [1.82, 2.24) is 15.2 Å². The topological polar surface area (TPSA) is 58.4 Å². The molecule has 5 nitrogen and oxygen atoms in total. The second-order valence-electron chi connectivity index (χ2n) is 6.51. The molecule has 0 radical (unpaired) electrons. The van der Waals surface area contributed by atoms with E-state index in [9.17, 15) is 4.79 Å². The summed E-state index contributed by atoms with van der Waals surface area (Å²) < 4.78 is 5.16. The Labute approximate surface area is 143 Å². The van der Waals surface area contributed by atoms with Gasteiger partial charge in [0.2, 0.25) is 0 Å². The van der Waals surface area contributed by atoms with E-state index in [1.807, 2.05) is 30.2 Å². The molecule has 1 saturated carbocycles. The molecule has 0 aromatic carbocycles. The van der Waals surface area contributed by atoms with Crippen molar-refractivity contribution in [2.75, 3.05) is 0 Å². The average molecular weight is 327 g/mol. The van der Waals surface area contributed by atoms with E-state index in [0.29, 0.717) is 19.1 Å². The number of nitrogens with one attached hydrogen (secondary N) is 1. The molecule has 0 atom stereocenters. The third kappa shape index (κ3) is 4.16. The fourth-order valence-corrected chi connectivity index (χ4v) is 3.31. The summed E-state index contributed by atoms with van der Waals surface area (Å²) in [6.45, 7) is 3.14. The van der Waals surface area contributed by atoms with E-state index in [1.165, 1.54) is 19.3 Å². The molecule has 0 spiro atoms. The second kappa shape index (κ2) is 7.99. The van der Waals surface area contributed by atoms with Crippen LogP contribution in [0, 0.1) is 6.92 Å². The van der Waals surface area contributed by atoms with Gasteiger partial charge in [-0.15, -0.1) is 0 Å². The molecule has 2 aromatic rings. The molecular weight excluding hydrogens is 302 g/mol. The lowest BCUT2D eigenvalue weighted by Crippen LogP contribution is -2.46. The Hall–Kier alpha value is -2.30. The fraction of sp³-hybridized carbons (Fsp3) is 0.474. The van der Waals surface area contributed by atoms with Crippen molar-refractivity contribution in [3.8, 4) is 0 Å². The standard InChI is InChI=1S/C19H25N3O2/c1-15-11-20-9-7-17(15)12-21-19(23)22(13-16-8-10-24-14-16)18-5-3-2-4-6-18/h7-11,14,18H,2-6,12-13H2,1H3,(H,21,23). The zero-order chi connectivity index (χ0) is 16.8. The van der Waals surface area contributed by atoms with E-state index in [0.717, 1.165) is 29.5 Å². The van der Waals surface area contributed by atoms with Crippen LogP contribution in [0.15, 0.2) is 41.5 Å². The number of rotatable bonds is 5. The Balaban J connectivity index is 1.66. The molecule has 2 amide bonds. The SMILES string of the molecule is Cc1cnccc1CNC(=O)N(Cc1ccoc1)C1CCCCC1. The Morgan fingerprint density at radius 3 is 2.88 bits per heavy atom. The number of furan rings is 1. The summed E-state index contributed by atoms with van der Waals surface area (Å²) in [7, 11) is 0. The minimum absolute atomic E-state index is 0.000637. The number of carbonyl (C=O) groups excluding carboxylic acids is 1. The quantitative estimate of drug-likeness (QED) is 0.902. The van der Waals surface area contributed by atoms with Gasteiger partial charge in [0.25, 0.3) is 0 Å². The molecule has 0 bridgehead atoms. The van der Waals surface area contributed by atoms with E-state index >= 15 is 0 Å². The maximum atomic E-state index is 12.8. The summed E-state index contributed by atoms with van der Waals surface area (Å²) in [6.07, 6.45) is 12.8. The Morgan fingerprint density at radius 1 is 1.33 bits per heavy atom. The molecule has 5 heteroatoms. The predicted octanol–water partition coefficient (Wildman–Crippen LogP) is 4.03. The molecular formula is C19H25N3O2. The number of aryl methyl sites for hydroxylation is 1. The maximum Gasteiger partial charge on any atom is 0.318 e. The van der Waals surface area contributed by atoms with Gasteiger partial charge >= 0.3 is 6.03 Å². The zero-order valence-corrected chi connectivity index (χ0v) is 14.2. The van der Waals surface area contributed by atoms with E-state index in [-0.39, 0.29) is 6.03 Å². The molecule has 24 heavy (non-hydrogen) atoms. The Kier molecular flexibility index (Phi) is 5.51. The highest BCUT2D eigenvalue weighted by molar-refractivity contribution is 5.74. The van der Waals surface area contributed by atoms with Crippen LogP contribution in [0.1, 0.15) is 48.8 Å². The first-order valence-corrected chi connectivity index (χ1v) is 8.69. The monoisotopic (exact) mass is 327 g/mol. The summed E-state index contributed by atoms with van der Waals surface area (Å²) in [5.41, 5.74) is 3.23. The van der Waals surface area contributed by atoms with Crippen molar-refractivity contribution in [2.45, 2.75) is 58.2 Å². The van der Waals surface area contributed by atoms with Crippen molar-refractivity contribution in [3.05, 3.63) is 53.7 Å². The first-order chi connectivity index (χ1) is 11.7. The normalized spacial score (nSPS) is 15.2. The van der Waals surface area contributed by atoms with Crippen LogP contribution >= 0.6 is 0 Å². The molecule has 0 aliphatic heterocycles. The number of carbonyl (C=O) groups is 1. The smallest absolute Gasteiger partial charge is 0.318 e. The number of pyridine rings is 1. The molecule has 3 rings (SSSR count). The van der Waals surface area contributed by atoms with Gasteiger partial charge in [0.1, 0.15) is 0 Å². The highest BCUT2D eigenvalue weighted by Crippen LogP contribution is 2.24. The van der Waals surface area contributed by atoms with Crippen LogP contribution < -0.4 is 5.32 Å². The van der Waals surface area contributed by atoms with Crippen molar-refractivity contribution in [3.63, 3.8) is 0 Å². The fourth-order valence-electron chi connectivity index (χ4n) is 3.31. The lowest BCUT2D eigenvalue weighted by atomic mass is 9.94. The van der Waals surface area contributed by atoms with Crippen LogP contribution in [0.3, 0.4) is 0 Å². The summed E-state index contributed by atoms with van der Waals surface area (Å²) in [6, 6.07) is 4.19. The maximum absolute atomic E-state index is 12.8. The molecule has 2 aromatic heterocycles. The summed E-state index contributed by atoms with van der Waals surface area (Å²) in [5.74, 6) is 0. The highest BCUT2D eigenvalue weighted by atomic mass is 16.3. The molecule has 1 aliphatic carbocycles. The van der Waals surface area contributed by atoms with Gasteiger partial charge in [-0.1, -0.05) is 19.3 Å². The third-order valence-electron chi connectivity index (χ3n) is 4.78. The lowest BCUT2D eigenvalue weighted by Gasteiger charge is -2.34. The van der Waals surface area contributed by atoms with Crippen LogP contribution in [0.2, 0.25) is 0 Å². The van der Waals surface area contributed by atoms with E-state index in [4.69, 9.17) is 4.42 Å². The number of aromatic nitrogens is 1. The molecule has 0 saturated heterocycles. The second-order valence-corrected chi connectivity index (χ2v) is 6.51. The van der Waals surface area contributed by atoms with Gasteiger partial charge < -0.3 is 14.6 Å². The van der Waals surface area contributed by atoms with Gasteiger partial charge in [-0.3, -0.25) is 4.98 Å². The van der Waals surface area contributed by atoms with Crippen LogP contribution in [-0.4, -0.2) is 22.0 Å². The lowest BCUT2D eigenvalue weighted by molar-refractivity contribution is 0.150. The molecule has 2 heterocycles. The van der Waals surface area contributed by atoms with Crippen molar-refractivity contribution >= 4 is 6.03 Å². The van der Waals surface area contributed by atoms with Gasteiger partial charge in [0.15, 0.2) is 0 Å². The summed E-state index contributed by atoms with van der Waals surface area (Å²) in [4.78, 5) is 18.9. The first kappa shape index (κ1) is 16.6. The number of hydrogen-bond donors (Lipinski definition) is 1. The minimum atomic E-state index is -0.000637. The molecule has 128 valence electrons. The Bertz CT molecular complexity index is 648. The van der Waals surface area contributed by atoms with Crippen molar-refractivity contribution < 1.29 is 9.21 Å². The van der Waals surface area contributed by atoms with Crippen LogP contribution in [0.25, 0.3) is 0 Å². The van der Waals surface area contributed by atoms with Crippen LogP contribution in [-0.2, 0) is 13.1 Å². The predicted molar refractivity (Wildman–Crippen MR) is 92.3 cm³/mol. The highest BCUT2D eigenvalue weighted by Gasteiger charge is 2.25. The van der Waals surface area contributed by atoms with Gasteiger partial charge in [-0.25, -0.2) is 4.79 Å². The Morgan fingerprint density at radius 2 is 2.17 bits per heavy atom. The number of urea groups is 1. The zero-order valence-electron chi connectivity index (χ0n) is 14.2. The minimum Gasteiger partial charge on any atom is -0.472 e. The van der Waals surface area contributed by atoms with Crippen LogP contribution in [0.5, 0.6) is 0 Å². The summed E-state index contributed by atoms with van der Waals surface area (Å²) in [5, 5.41) is 3.08. The van der Waals surface area contributed by atoms with Gasteiger partial charge in [-0.05, 0) is 43.0 Å². The van der Waals surface area contributed by atoms with E-state index in [1.54, 1.807) is 18.7 Å². The van der Waals surface area contributed by atoms with Crippen molar-refractivity contribution in [2.24, 2.45) is 0 Å². The average Bonchev–Trinajstić information content (AvgIpc) is 3.13. The van der Waals surface area contributed by atoms with E-state index < -0.39 is 0 Å². The molecule has 1 aliphatic rings. The third-order valence-corrected chi connectivity index (χ3v) is 4.78. The van der Waals surface area contributed by atoms with Crippen LogP contribution in [0.4, 0.5) is 4.79 Å². The van der Waals surface area contributed by atoms with Gasteiger partial charge in [0, 0.05) is 30.5 Å². The van der Waals surface area contributed by atoms with Gasteiger partial charge in [0.05, 0.1) is 19.1 Å². The van der Waals surface area contributed by atoms with Gasteiger partial charge in [-0.2, -0.15) is 0 Å². The number of nitrogens with zero attached hydrogens (tertiary/aromatic N) is 2. The number of hydrogen-bond acceptors (Lipinski definition) is 3.